The zero-order valence-corrected chi connectivity index (χ0v) is 21.0. The second-order valence-corrected chi connectivity index (χ2v) is 19.5. The van der Waals surface area contributed by atoms with Crippen molar-refractivity contribution in [3.63, 3.8) is 0 Å². The van der Waals surface area contributed by atoms with E-state index in [2.05, 4.69) is 109 Å². The van der Waals surface area contributed by atoms with Gasteiger partial charge in [-0.3, -0.25) is 0 Å². The van der Waals surface area contributed by atoms with Gasteiger partial charge in [0.25, 0.3) is 0 Å². The second-order valence-electron chi connectivity index (χ2n) is 8.48. The van der Waals surface area contributed by atoms with Gasteiger partial charge in [-0.25, -0.2) is 0 Å². The summed E-state index contributed by atoms with van der Waals surface area (Å²) in [5.74, 6) is 0.680. The van der Waals surface area contributed by atoms with Gasteiger partial charge in [-0.05, 0) is 0 Å². The Morgan fingerprint density at radius 3 is 1.58 bits per heavy atom. The molecule has 4 rings (SSSR count). The molecule has 3 aromatic carbocycles. The summed E-state index contributed by atoms with van der Waals surface area (Å²) in [5.41, 5.74) is 0. The van der Waals surface area contributed by atoms with Gasteiger partial charge in [0, 0.05) is 0 Å². The molecule has 0 aromatic heterocycles. The zero-order valence-electron chi connectivity index (χ0n) is 18.2. The number of allylic oxidation sites excluding steroid dienone is 3. The van der Waals surface area contributed by atoms with Crippen molar-refractivity contribution in [2.24, 2.45) is 5.92 Å². The SMILES string of the molecule is OC/[C](=C\C=C\C1CCCCC1)[Sn]([c]1ccccc1)([c]1ccccc1)[c]1ccccc1. The Morgan fingerprint density at radius 2 is 1.16 bits per heavy atom. The third kappa shape index (κ3) is 4.88. The van der Waals surface area contributed by atoms with E-state index < -0.39 is 18.4 Å². The molecule has 0 atom stereocenters. The molecule has 1 aliphatic rings. The van der Waals surface area contributed by atoms with E-state index in [4.69, 9.17) is 0 Å². The molecule has 1 N–H and O–H groups in total. The molecular weight excluding hydrogens is 483 g/mol. The Bertz CT molecular complexity index is 890. The Hall–Kier alpha value is -2.10. The van der Waals surface area contributed by atoms with Crippen LogP contribution in [-0.2, 0) is 0 Å². The van der Waals surface area contributed by atoms with Crippen molar-refractivity contribution in [2.45, 2.75) is 32.1 Å². The molecule has 0 heterocycles. The van der Waals surface area contributed by atoms with Crippen molar-refractivity contribution in [3.8, 4) is 0 Å². The van der Waals surface area contributed by atoms with Crippen LogP contribution in [0.2, 0.25) is 0 Å². The monoisotopic (exact) mass is 516 g/mol. The van der Waals surface area contributed by atoms with Crippen molar-refractivity contribution in [3.05, 3.63) is 113 Å². The summed E-state index contributed by atoms with van der Waals surface area (Å²) in [4.78, 5) is 0. The van der Waals surface area contributed by atoms with Crippen LogP contribution in [0.4, 0.5) is 0 Å². The fraction of sp³-hybridized carbons (Fsp3) is 0.241. The molecule has 1 nitrogen and oxygen atoms in total. The Labute approximate surface area is 191 Å². The average Bonchev–Trinajstić information content (AvgIpc) is 2.86. The topological polar surface area (TPSA) is 20.2 Å². The van der Waals surface area contributed by atoms with Crippen molar-refractivity contribution in [2.75, 3.05) is 6.61 Å². The van der Waals surface area contributed by atoms with Crippen LogP contribution in [0.15, 0.2) is 113 Å². The van der Waals surface area contributed by atoms with E-state index >= 15 is 0 Å². The first kappa shape index (κ1) is 22.1. The van der Waals surface area contributed by atoms with Crippen LogP contribution in [0.25, 0.3) is 0 Å². The van der Waals surface area contributed by atoms with E-state index in [1.54, 1.807) is 0 Å². The maximum absolute atomic E-state index is 10.7. The van der Waals surface area contributed by atoms with Gasteiger partial charge in [-0.2, -0.15) is 0 Å². The minimum absolute atomic E-state index is 0.0871. The van der Waals surface area contributed by atoms with Crippen molar-refractivity contribution >= 4 is 29.1 Å². The fourth-order valence-corrected chi connectivity index (χ4v) is 18.7. The van der Waals surface area contributed by atoms with Gasteiger partial charge < -0.3 is 0 Å². The third-order valence-electron chi connectivity index (χ3n) is 6.60. The number of aliphatic hydroxyl groups excluding tert-OH is 1. The van der Waals surface area contributed by atoms with E-state index in [-0.39, 0.29) is 6.61 Å². The first-order chi connectivity index (χ1) is 15.4. The second kappa shape index (κ2) is 11.0. The molecule has 0 radical (unpaired) electrons. The first-order valence-electron chi connectivity index (χ1n) is 11.5. The van der Waals surface area contributed by atoms with Gasteiger partial charge in [0.15, 0.2) is 0 Å². The van der Waals surface area contributed by atoms with Crippen LogP contribution in [0, 0.1) is 5.92 Å². The Kier molecular flexibility index (Phi) is 7.82. The quantitative estimate of drug-likeness (QED) is 0.356. The predicted molar refractivity (Wildman–Crippen MR) is 135 cm³/mol. The molecule has 0 unspecified atom stereocenters. The third-order valence-corrected chi connectivity index (χ3v) is 20.5. The summed E-state index contributed by atoms with van der Waals surface area (Å²) < 4.78 is 5.33. The average molecular weight is 515 g/mol. The van der Waals surface area contributed by atoms with Crippen LogP contribution in [-0.4, -0.2) is 30.1 Å². The molecule has 1 saturated carbocycles. The molecular formula is C29H32OSn. The van der Waals surface area contributed by atoms with E-state index in [1.807, 2.05) is 0 Å². The molecule has 0 spiro atoms. The number of rotatable bonds is 7. The molecule has 3 aromatic rings. The predicted octanol–water partition coefficient (Wildman–Crippen LogP) is 4.75. The normalized spacial score (nSPS) is 16.0. The maximum atomic E-state index is 10.7. The Balaban J connectivity index is 1.90. The van der Waals surface area contributed by atoms with Gasteiger partial charge in [-0.15, -0.1) is 0 Å². The minimum atomic E-state index is -3.62. The summed E-state index contributed by atoms with van der Waals surface area (Å²) in [6.07, 6.45) is 13.5. The van der Waals surface area contributed by atoms with Gasteiger partial charge >= 0.3 is 192 Å². The number of hydrogen-bond donors (Lipinski definition) is 1. The molecule has 2 heteroatoms. The van der Waals surface area contributed by atoms with Crippen molar-refractivity contribution in [1.29, 1.82) is 0 Å². The van der Waals surface area contributed by atoms with Gasteiger partial charge in [0.05, 0.1) is 0 Å². The summed E-state index contributed by atoms with van der Waals surface area (Å²) in [6.45, 7) is 0.0871. The van der Waals surface area contributed by atoms with Crippen LogP contribution in [0.5, 0.6) is 0 Å². The molecule has 1 aliphatic carbocycles. The molecule has 0 saturated heterocycles. The van der Waals surface area contributed by atoms with Crippen LogP contribution < -0.4 is 10.7 Å². The van der Waals surface area contributed by atoms with Crippen LogP contribution >= 0.6 is 0 Å². The standard InChI is InChI=1S/C11H17O.3C6H5.Sn/c12-10-6-2-5-9-11-7-3-1-4-8-11;3*1-2-4-6-5-3-1;/h2,5,9,11-12H,1,3-4,7-8,10H2;3*1-5H;/b6-2?,9-5+;;;;. The Morgan fingerprint density at radius 1 is 0.710 bits per heavy atom. The zero-order chi connectivity index (χ0) is 21.4. The summed E-state index contributed by atoms with van der Waals surface area (Å²) >= 11 is -3.62. The van der Waals surface area contributed by atoms with Gasteiger partial charge in [-0.1, -0.05) is 0 Å². The van der Waals surface area contributed by atoms with E-state index in [9.17, 15) is 5.11 Å². The molecule has 31 heavy (non-hydrogen) atoms. The van der Waals surface area contributed by atoms with Crippen LogP contribution in [0.1, 0.15) is 32.1 Å². The summed E-state index contributed by atoms with van der Waals surface area (Å²) in [5, 5.41) is 10.7. The summed E-state index contributed by atoms with van der Waals surface area (Å²) in [7, 11) is 0. The molecule has 0 aliphatic heterocycles. The number of benzene rings is 3. The van der Waals surface area contributed by atoms with Crippen LogP contribution in [0.3, 0.4) is 0 Å². The first-order valence-corrected chi connectivity index (χ1v) is 17.2. The van der Waals surface area contributed by atoms with E-state index in [0.717, 1.165) is 0 Å². The summed E-state index contributed by atoms with van der Waals surface area (Å²) in [6, 6.07) is 32.7. The molecule has 0 amide bonds. The number of hydrogen-bond acceptors (Lipinski definition) is 1. The van der Waals surface area contributed by atoms with E-state index in [0.29, 0.717) is 5.92 Å². The van der Waals surface area contributed by atoms with Gasteiger partial charge in [0.1, 0.15) is 0 Å². The molecule has 158 valence electrons. The molecule has 0 bridgehead atoms. The number of aliphatic hydroxyl groups is 1. The fourth-order valence-electron chi connectivity index (χ4n) is 5.07. The van der Waals surface area contributed by atoms with Crippen molar-refractivity contribution in [1.82, 2.24) is 0 Å². The van der Waals surface area contributed by atoms with Crippen molar-refractivity contribution < 1.29 is 5.11 Å². The molecule has 1 fully saturated rings. The van der Waals surface area contributed by atoms with E-state index in [1.165, 1.54) is 46.4 Å². The van der Waals surface area contributed by atoms with Gasteiger partial charge in [0.2, 0.25) is 0 Å².